The zero-order valence-corrected chi connectivity index (χ0v) is 58.4. The number of carbonyl (C=O) groups is 7. The van der Waals surface area contributed by atoms with E-state index in [1.165, 1.54) is 52.0 Å². The Kier molecular flexibility index (Phi) is 30.7. The zero-order valence-electron chi connectivity index (χ0n) is 56.7. The highest BCUT2D eigenvalue weighted by atomic mass is 33.1. The van der Waals surface area contributed by atoms with Crippen LogP contribution in [0.4, 0.5) is 4.79 Å². The van der Waals surface area contributed by atoms with Crippen LogP contribution >= 0.6 is 21.6 Å². The number of benzene rings is 3. The average Bonchev–Trinajstić information content (AvgIpc) is 0.670. The lowest BCUT2D eigenvalue weighted by Crippen LogP contribution is -2.82. The van der Waals surface area contributed by atoms with Crippen molar-refractivity contribution < 1.29 is 120 Å². The van der Waals surface area contributed by atoms with Gasteiger partial charge in [0.1, 0.15) is 28.9 Å². The van der Waals surface area contributed by atoms with Crippen LogP contribution in [-0.4, -0.2) is 235 Å². The number of esters is 4. The van der Waals surface area contributed by atoms with Gasteiger partial charge in [-0.1, -0.05) is 97.4 Å². The summed E-state index contributed by atoms with van der Waals surface area (Å²) >= 11 is 0. The van der Waals surface area contributed by atoms with Crippen molar-refractivity contribution in [2.75, 3.05) is 125 Å². The standard InChI is InChI=1S/C71H90N2O25S2/c1-47-52(95-66(81)59(77)58(49-17-9-6-10-18-49)73-64(79)50-19-11-7-12-20-50)44-71(83)63(97-65(80)51-21-13-8-14-22-51)61-69(5,53(75)43-54-70(61,45-92-54)98-48(2)74)62(78)60(57(47)68(71,3)4)96-67(82)94-46-93-56(76)24-26-84-27-28-85-29-30-86-31-32-87-33-34-88-35-36-89-37-38-90-39-40-91-41-42-99-100-55-23-15-16-25-72-55/h6-23,25,52-54,58-61,63,75,77,83H,24,26-46H2,1-5H3,(H,73,79)/t52?,53-,54?,58?,59+,60+,61-,63-,69+,70-,71+/m0/s1. The van der Waals surface area contributed by atoms with E-state index in [1.54, 1.807) is 94.5 Å². The molecule has 2 bridgehead atoms. The van der Waals surface area contributed by atoms with E-state index in [0.717, 1.165) is 17.7 Å². The van der Waals surface area contributed by atoms with E-state index in [4.69, 9.17) is 71.1 Å². The first kappa shape index (κ1) is 78.8. The van der Waals surface area contributed by atoms with E-state index in [9.17, 15) is 44.1 Å². The molecule has 546 valence electrons. The molecule has 27 nitrogen and oxygen atoms in total. The van der Waals surface area contributed by atoms with Gasteiger partial charge in [-0.2, -0.15) is 0 Å². The van der Waals surface area contributed by atoms with Crippen molar-refractivity contribution in [3.63, 3.8) is 0 Å². The first-order chi connectivity index (χ1) is 48.2. The molecule has 3 fully saturated rings. The molecule has 2 heterocycles. The number of hydrogen-bond donors (Lipinski definition) is 4. The van der Waals surface area contributed by atoms with Crippen LogP contribution in [-0.2, 0) is 90.2 Å². The maximum absolute atomic E-state index is 16.1. The van der Waals surface area contributed by atoms with Gasteiger partial charge in [-0.3, -0.25) is 19.2 Å². The fraction of sp³-hybridized carbons (Fsp3) is 0.549. The van der Waals surface area contributed by atoms with Gasteiger partial charge in [0, 0.05) is 42.7 Å². The predicted octanol–water partition coefficient (Wildman–Crippen LogP) is 6.18. The molecule has 4 N–H and O–H groups in total. The number of carbonyl (C=O) groups excluding carboxylic acids is 7. The molecule has 1 aliphatic heterocycles. The van der Waals surface area contributed by atoms with Gasteiger partial charge in [0.2, 0.25) is 6.79 Å². The quantitative estimate of drug-likeness (QED) is 0.00961. The van der Waals surface area contributed by atoms with Crippen LogP contribution in [0.3, 0.4) is 0 Å². The second-order valence-corrected chi connectivity index (χ2v) is 27.0. The van der Waals surface area contributed by atoms with Crippen molar-refractivity contribution in [2.45, 2.75) is 113 Å². The summed E-state index contributed by atoms with van der Waals surface area (Å²) in [6.07, 6.45) is -11.8. The number of amides is 1. The van der Waals surface area contributed by atoms with E-state index < -0.39 is 132 Å². The Labute approximate surface area is 588 Å². The molecule has 0 spiro atoms. The number of hydrogen-bond acceptors (Lipinski definition) is 28. The van der Waals surface area contributed by atoms with Crippen molar-refractivity contribution in [1.82, 2.24) is 10.3 Å². The third-order valence-electron chi connectivity index (χ3n) is 18.0. The number of nitrogens with zero attached hydrogens (tertiary/aromatic N) is 1. The number of nitrogens with one attached hydrogen (secondary N) is 1. The van der Waals surface area contributed by atoms with Crippen LogP contribution in [0.15, 0.2) is 132 Å². The molecule has 0 radical (unpaired) electrons. The van der Waals surface area contributed by atoms with Gasteiger partial charge in [0.05, 0.1) is 148 Å². The lowest BCUT2D eigenvalue weighted by Gasteiger charge is -2.67. The molecule has 2 saturated carbocycles. The molecule has 1 saturated heterocycles. The molecule has 4 aliphatic rings. The second-order valence-electron chi connectivity index (χ2n) is 24.6. The van der Waals surface area contributed by atoms with Gasteiger partial charge in [0.15, 0.2) is 23.6 Å². The first-order valence-corrected chi connectivity index (χ1v) is 35.4. The van der Waals surface area contributed by atoms with Crippen molar-refractivity contribution in [3.05, 3.63) is 143 Å². The zero-order chi connectivity index (χ0) is 71.6. The molecule has 100 heavy (non-hydrogen) atoms. The smallest absolute Gasteiger partial charge is 0.456 e. The third kappa shape index (κ3) is 20.7. The van der Waals surface area contributed by atoms with E-state index in [1.807, 2.05) is 18.2 Å². The summed E-state index contributed by atoms with van der Waals surface area (Å²) < 4.78 is 85.4. The fourth-order valence-electron chi connectivity index (χ4n) is 12.8. The average molecular weight is 1440 g/mol. The minimum atomic E-state index is -2.56. The van der Waals surface area contributed by atoms with Gasteiger partial charge in [-0.25, -0.2) is 19.4 Å². The predicted molar refractivity (Wildman–Crippen MR) is 358 cm³/mol. The van der Waals surface area contributed by atoms with E-state index >= 15 is 4.79 Å². The summed E-state index contributed by atoms with van der Waals surface area (Å²) in [4.78, 5) is 103. The number of Topliss-reactive ketones (excluding diaryl/α,β-unsaturated/α-hetero) is 1. The van der Waals surface area contributed by atoms with Gasteiger partial charge in [-0.15, -0.1) is 0 Å². The number of aliphatic hydroxyl groups excluding tert-OH is 2. The van der Waals surface area contributed by atoms with Crippen molar-refractivity contribution >= 4 is 63.3 Å². The second kappa shape index (κ2) is 38.9. The van der Waals surface area contributed by atoms with Crippen molar-refractivity contribution in [2.24, 2.45) is 16.7 Å². The molecule has 1 amide bonds. The molecule has 3 aliphatic carbocycles. The molecular formula is C71H90N2O25S2. The highest BCUT2D eigenvalue weighted by Gasteiger charge is 2.78. The summed E-state index contributed by atoms with van der Waals surface area (Å²) in [5, 5.41) is 42.1. The van der Waals surface area contributed by atoms with E-state index in [-0.39, 0.29) is 61.5 Å². The van der Waals surface area contributed by atoms with Gasteiger partial charge < -0.3 is 91.7 Å². The van der Waals surface area contributed by atoms with E-state index in [0.29, 0.717) is 84.8 Å². The maximum Gasteiger partial charge on any atom is 0.512 e. The maximum atomic E-state index is 16.1. The lowest BCUT2D eigenvalue weighted by atomic mass is 9.44. The van der Waals surface area contributed by atoms with Gasteiger partial charge >= 0.3 is 30.0 Å². The SMILES string of the molecule is CC(=O)O[C@@]12COC1C[C@H](O)[C@@]1(C)C(=O)[C@H](OC(=O)OCOC(=O)CCOCCOCCOCCOCCOCCOCCOCCOCCSSc3ccccn3)C3=C(C)C(OC(=O)[C@H](O)C(NC(=O)c4ccccc4)c4ccccc4)C[C@@](O)([C@@H](OC(=O)c4ccccc4)[C@@H]12)C3(C)C. The van der Waals surface area contributed by atoms with Crippen LogP contribution in [0, 0.1) is 16.7 Å². The number of aliphatic hydroxyl groups is 3. The van der Waals surface area contributed by atoms with Crippen LogP contribution in [0.5, 0.6) is 0 Å². The lowest BCUT2D eigenvalue weighted by molar-refractivity contribution is -0.346. The minimum Gasteiger partial charge on any atom is -0.456 e. The Morgan fingerprint density at radius 2 is 1.20 bits per heavy atom. The summed E-state index contributed by atoms with van der Waals surface area (Å²) in [6, 6.07) is 28.2. The van der Waals surface area contributed by atoms with Gasteiger partial charge in [-0.05, 0) is 77.7 Å². The molecule has 29 heteroatoms. The molecule has 3 unspecified atom stereocenters. The molecule has 11 atom stereocenters. The molecule has 3 aromatic carbocycles. The van der Waals surface area contributed by atoms with Crippen LogP contribution < -0.4 is 5.32 Å². The molecule has 4 aromatic rings. The van der Waals surface area contributed by atoms with Gasteiger partial charge in [0.25, 0.3) is 5.91 Å². The highest BCUT2D eigenvalue weighted by molar-refractivity contribution is 8.76. The van der Waals surface area contributed by atoms with Crippen molar-refractivity contribution in [3.8, 4) is 0 Å². The first-order valence-electron chi connectivity index (χ1n) is 33.1. The fourth-order valence-corrected chi connectivity index (χ4v) is 14.5. The Morgan fingerprint density at radius 3 is 1.73 bits per heavy atom. The summed E-state index contributed by atoms with van der Waals surface area (Å²) in [6.45, 7) is 11.1. The Balaban J connectivity index is 0.815. The molecular weight excluding hydrogens is 1340 g/mol. The molecule has 8 rings (SSSR count). The normalized spacial score (nSPS) is 24.1. The Hall–Kier alpha value is -6.94. The third-order valence-corrected chi connectivity index (χ3v) is 20.2. The van der Waals surface area contributed by atoms with Crippen LogP contribution in [0.1, 0.15) is 86.2 Å². The van der Waals surface area contributed by atoms with Crippen LogP contribution in [0.2, 0.25) is 0 Å². The number of fused-ring (bicyclic) bond motifs is 5. The van der Waals surface area contributed by atoms with E-state index in [2.05, 4.69) is 10.3 Å². The highest BCUT2D eigenvalue weighted by Crippen LogP contribution is 2.64. The number of ether oxygens (including phenoxy) is 15. The summed E-state index contributed by atoms with van der Waals surface area (Å²) in [7, 11) is 3.32. The number of pyridine rings is 1. The number of ketones is 1. The Morgan fingerprint density at radius 1 is 0.670 bits per heavy atom. The monoisotopic (exact) mass is 1430 g/mol. The Bertz CT molecular complexity index is 3300. The molecule has 1 aromatic heterocycles. The largest absolute Gasteiger partial charge is 0.512 e. The number of aromatic nitrogens is 1. The minimum absolute atomic E-state index is 0.00297. The van der Waals surface area contributed by atoms with Crippen LogP contribution in [0.25, 0.3) is 0 Å². The van der Waals surface area contributed by atoms with Crippen molar-refractivity contribution in [1.29, 1.82) is 0 Å². The number of rotatable bonds is 41. The topological polar surface area (TPSA) is 344 Å². The summed E-state index contributed by atoms with van der Waals surface area (Å²) in [5.41, 5.74) is -8.28. The summed E-state index contributed by atoms with van der Waals surface area (Å²) in [5.74, 6) is -6.59.